The highest BCUT2D eigenvalue weighted by Gasteiger charge is 2.31. The fraction of sp³-hybridized carbons (Fsp3) is 0.312. The predicted octanol–water partition coefficient (Wildman–Crippen LogP) is 2.32. The van der Waals surface area contributed by atoms with Crippen molar-refractivity contribution in [3.63, 3.8) is 0 Å². The van der Waals surface area contributed by atoms with E-state index in [0.717, 1.165) is 28.9 Å². The molecule has 0 aliphatic carbocycles. The molecule has 0 bridgehead atoms. The van der Waals surface area contributed by atoms with Gasteiger partial charge in [0, 0.05) is 23.6 Å². The zero-order chi connectivity index (χ0) is 15.7. The first-order chi connectivity index (χ1) is 10.5. The van der Waals surface area contributed by atoms with Crippen molar-refractivity contribution >= 4 is 5.97 Å². The molecule has 22 heavy (non-hydrogen) atoms. The van der Waals surface area contributed by atoms with E-state index < -0.39 is 11.6 Å². The lowest BCUT2D eigenvalue weighted by molar-refractivity contribution is -0.152. The number of aromatic nitrogens is 2. The van der Waals surface area contributed by atoms with Crippen molar-refractivity contribution in [3.05, 3.63) is 36.2 Å². The summed E-state index contributed by atoms with van der Waals surface area (Å²) >= 11 is 0. The van der Waals surface area contributed by atoms with Crippen LogP contribution in [0.15, 0.2) is 30.6 Å². The van der Waals surface area contributed by atoms with Gasteiger partial charge in [0.15, 0.2) is 5.60 Å². The van der Waals surface area contributed by atoms with E-state index in [0.29, 0.717) is 12.4 Å². The van der Waals surface area contributed by atoms with Crippen molar-refractivity contribution in [2.75, 3.05) is 6.61 Å². The van der Waals surface area contributed by atoms with Gasteiger partial charge in [0.1, 0.15) is 11.5 Å². The second-order valence-corrected chi connectivity index (χ2v) is 5.60. The zero-order valence-corrected chi connectivity index (χ0v) is 12.4. The SMILES string of the molecule is CC(C)(Oc1cc2c(cc1-c1ccnnc1)CCO2)C(=O)O. The summed E-state index contributed by atoms with van der Waals surface area (Å²) in [6, 6.07) is 5.53. The molecule has 1 aromatic heterocycles. The summed E-state index contributed by atoms with van der Waals surface area (Å²) in [6.07, 6.45) is 4.03. The lowest BCUT2D eigenvalue weighted by Gasteiger charge is -2.24. The molecule has 0 unspecified atom stereocenters. The van der Waals surface area contributed by atoms with Crippen molar-refractivity contribution in [2.45, 2.75) is 25.9 Å². The van der Waals surface area contributed by atoms with Crippen LogP contribution in [-0.4, -0.2) is 33.5 Å². The highest BCUT2D eigenvalue weighted by atomic mass is 16.5. The van der Waals surface area contributed by atoms with Crippen LogP contribution in [0.1, 0.15) is 19.4 Å². The van der Waals surface area contributed by atoms with Gasteiger partial charge in [-0.3, -0.25) is 0 Å². The van der Waals surface area contributed by atoms with E-state index >= 15 is 0 Å². The van der Waals surface area contributed by atoms with Crippen molar-refractivity contribution in [3.8, 4) is 22.6 Å². The lowest BCUT2D eigenvalue weighted by atomic mass is 10.0. The summed E-state index contributed by atoms with van der Waals surface area (Å²) in [4.78, 5) is 11.3. The molecule has 0 spiro atoms. The molecule has 0 saturated heterocycles. The average molecular weight is 300 g/mol. The number of carboxylic acid groups (broad SMARTS) is 1. The molecule has 114 valence electrons. The molecule has 0 atom stereocenters. The first kappa shape index (κ1) is 14.3. The smallest absolute Gasteiger partial charge is 0.347 e. The van der Waals surface area contributed by atoms with Gasteiger partial charge < -0.3 is 14.6 Å². The van der Waals surface area contributed by atoms with Crippen molar-refractivity contribution in [1.29, 1.82) is 0 Å². The summed E-state index contributed by atoms with van der Waals surface area (Å²) < 4.78 is 11.3. The number of ether oxygens (including phenoxy) is 2. The number of nitrogens with zero attached hydrogens (tertiary/aromatic N) is 2. The molecular weight excluding hydrogens is 284 g/mol. The van der Waals surface area contributed by atoms with E-state index in [1.54, 1.807) is 18.5 Å². The summed E-state index contributed by atoms with van der Waals surface area (Å²) in [5.74, 6) is 0.163. The number of benzene rings is 1. The molecule has 6 heteroatoms. The first-order valence-corrected chi connectivity index (χ1v) is 6.96. The van der Waals surface area contributed by atoms with Crippen LogP contribution in [0, 0.1) is 0 Å². The minimum absolute atomic E-state index is 0.459. The Morgan fingerprint density at radius 1 is 1.36 bits per heavy atom. The monoisotopic (exact) mass is 300 g/mol. The van der Waals surface area contributed by atoms with Gasteiger partial charge in [-0.15, -0.1) is 0 Å². The Labute approximate surface area is 127 Å². The lowest BCUT2D eigenvalue weighted by Crippen LogP contribution is -2.38. The topological polar surface area (TPSA) is 81.5 Å². The molecule has 1 aliphatic heterocycles. The van der Waals surface area contributed by atoms with Crippen LogP contribution in [0.2, 0.25) is 0 Å². The number of rotatable bonds is 4. The number of fused-ring (bicyclic) bond motifs is 1. The molecule has 0 fully saturated rings. The molecule has 3 rings (SSSR count). The van der Waals surface area contributed by atoms with Gasteiger partial charge in [-0.1, -0.05) is 0 Å². The van der Waals surface area contributed by atoms with Gasteiger partial charge in [-0.2, -0.15) is 10.2 Å². The van der Waals surface area contributed by atoms with E-state index in [4.69, 9.17) is 9.47 Å². The number of carbonyl (C=O) groups is 1. The molecule has 0 amide bonds. The van der Waals surface area contributed by atoms with Crippen LogP contribution in [0.4, 0.5) is 0 Å². The van der Waals surface area contributed by atoms with E-state index in [1.807, 2.05) is 12.1 Å². The second-order valence-electron chi connectivity index (χ2n) is 5.60. The minimum Gasteiger partial charge on any atom is -0.493 e. The van der Waals surface area contributed by atoms with E-state index in [9.17, 15) is 9.90 Å². The summed E-state index contributed by atoms with van der Waals surface area (Å²) in [5, 5.41) is 16.9. The fourth-order valence-electron chi connectivity index (χ4n) is 2.29. The maximum Gasteiger partial charge on any atom is 0.347 e. The van der Waals surface area contributed by atoms with Crippen LogP contribution >= 0.6 is 0 Å². The average Bonchev–Trinajstić information content (AvgIpc) is 2.94. The van der Waals surface area contributed by atoms with E-state index in [1.165, 1.54) is 13.8 Å². The minimum atomic E-state index is -1.35. The Morgan fingerprint density at radius 3 is 2.86 bits per heavy atom. The summed E-state index contributed by atoms with van der Waals surface area (Å²) in [7, 11) is 0. The number of aliphatic carboxylic acids is 1. The first-order valence-electron chi connectivity index (χ1n) is 6.96. The highest BCUT2D eigenvalue weighted by molar-refractivity contribution is 5.78. The van der Waals surface area contributed by atoms with Gasteiger partial charge in [0.05, 0.1) is 19.0 Å². The molecule has 2 aromatic rings. The van der Waals surface area contributed by atoms with Gasteiger partial charge in [-0.25, -0.2) is 4.79 Å². The third-order valence-electron chi connectivity index (χ3n) is 3.57. The van der Waals surface area contributed by atoms with E-state index in [-0.39, 0.29) is 0 Å². The second kappa shape index (κ2) is 5.29. The Morgan fingerprint density at radius 2 is 2.18 bits per heavy atom. The van der Waals surface area contributed by atoms with Gasteiger partial charge >= 0.3 is 5.97 Å². The van der Waals surface area contributed by atoms with Gasteiger partial charge in [0.2, 0.25) is 0 Å². The van der Waals surface area contributed by atoms with Crippen LogP contribution < -0.4 is 9.47 Å². The van der Waals surface area contributed by atoms with Crippen LogP contribution in [0.3, 0.4) is 0 Å². The number of carboxylic acids is 1. The molecule has 1 aromatic carbocycles. The molecular formula is C16H16N2O4. The van der Waals surface area contributed by atoms with Crippen molar-refractivity contribution in [1.82, 2.24) is 10.2 Å². The molecule has 6 nitrogen and oxygen atoms in total. The molecule has 1 aliphatic rings. The van der Waals surface area contributed by atoms with E-state index in [2.05, 4.69) is 10.2 Å². The van der Waals surface area contributed by atoms with Crippen LogP contribution in [0.5, 0.6) is 11.5 Å². The van der Waals surface area contributed by atoms with Gasteiger partial charge in [-0.05, 0) is 31.5 Å². The molecule has 0 saturated carbocycles. The Balaban J connectivity index is 2.10. The summed E-state index contributed by atoms with van der Waals surface area (Å²) in [6.45, 7) is 3.64. The van der Waals surface area contributed by atoms with Crippen molar-refractivity contribution < 1.29 is 19.4 Å². The number of hydrogen-bond donors (Lipinski definition) is 1. The highest BCUT2D eigenvalue weighted by Crippen LogP contribution is 2.39. The van der Waals surface area contributed by atoms with Crippen LogP contribution in [-0.2, 0) is 11.2 Å². The zero-order valence-electron chi connectivity index (χ0n) is 12.4. The fourth-order valence-corrected chi connectivity index (χ4v) is 2.29. The van der Waals surface area contributed by atoms with Crippen molar-refractivity contribution in [2.24, 2.45) is 0 Å². The molecule has 1 N–H and O–H groups in total. The third-order valence-corrected chi connectivity index (χ3v) is 3.57. The third kappa shape index (κ3) is 2.59. The Hall–Kier alpha value is -2.63. The molecule has 2 heterocycles. The Bertz CT molecular complexity index is 714. The Kier molecular flexibility index (Phi) is 3.44. The largest absolute Gasteiger partial charge is 0.493 e. The number of hydrogen-bond acceptors (Lipinski definition) is 5. The van der Waals surface area contributed by atoms with Gasteiger partial charge in [0.25, 0.3) is 0 Å². The predicted molar refractivity (Wildman–Crippen MR) is 79.0 cm³/mol. The molecule has 0 radical (unpaired) electrons. The normalized spacial score (nSPS) is 13.4. The quantitative estimate of drug-likeness (QED) is 0.933. The standard InChI is InChI=1S/C16H16N2O4/c1-16(2,15(19)20)22-14-8-13-10(4-6-21-13)7-12(14)11-3-5-17-18-9-11/h3,5,7-9H,4,6H2,1-2H3,(H,19,20). The maximum atomic E-state index is 11.3. The summed E-state index contributed by atoms with van der Waals surface area (Å²) in [5.41, 5.74) is 1.34. The van der Waals surface area contributed by atoms with Crippen LogP contribution in [0.25, 0.3) is 11.1 Å². The maximum absolute atomic E-state index is 11.3.